The molecule has 1 aliphatic heterocycles. The monoisotopic (exact) mass is 345 g/mol. The fourth-order valence-electron chi connectivity index (χ4n) is 2.38. The maximum atomic E-state index is 12.5. The van der Waals surface area contributed by atoms with Crippen LogP contribution in [0, 0.1) is 5.92 Å². The molecule has 0 bridgehead atoms. The molecule has 1 heterocycles. The van der Waals surface area contributed by atoms with Crippen LogP contribution in [0.25, 0.3) is 0 Å². The van der Waals surface area contributed by atoms with E-state index in [0.717, 1.165) is 4.90 Å². The van der Waals surface area contributed by atoms with E-state index in [9.17, 15) is 14.4 Å². The molecule has 1 saturated heterocycles. The van der Waals surface area contributed by atoms with E-state index in [-0.39, 0.29) is 12.2 Å². The lowest BCUT2D eigenvalue weighted by atomic mass is 10.0. The number of imide groups is 2. The zero-order valence-corrected chi connectivity index (χ0v) is 14.0. The molecule has 0 unspecified atom stereocenters. The summed E-state index contributed by atoms with van der Waals surface area (Å²) in [6.07, 6.45) is 1.39. The third-order valence-electron chi connectivity index (χ3n) is 3.61. The summed E-state index contributed by atoms with van der Waals surface area (Å²) in [5.41, 5.74) is 0.579. The number of nitrogens with one attached hydrogen (secondary N) is 2. The summed E-state index contributed by atoms with van der Waals surface area (Å²) >= 11 is 0. The van der Waals surface area contributed by atoms with Crippen LogP contribution >= 0.6 is 0 Å². The first-order valence-electron chi connectivity index (χ1n) is 7.37. The average Bonchev–Trinajstić information content (AvgIpc) is 2.58. The van der Waals surface area contributed by atoms with E-state index in [4.69, 9.17) is 9.47 Å². The van der Waals surface area contributed by atoms with Gasteiger partial charge in [0.1, 0.15) is 11.5 Å². The summed E-state index contributed by atoms with van der Waals surface area (Å²) < 4.78 is 10.4. The van der Waals surface area contributed by atoms with Gasteiger partial charge < -0.3 is 14.8 Å². The first-order valence-corrected chi connectivity index (χ1v) is 7.37. The number of hydrogen-bond donors (Lipinski definition) is 2. The largest absolute Gasteiger partial charge is 0.497 e. The molecule has 0 radical (unpaired) electrons. The Morgan fingerprint density at radius 1 is 1.32 bits per heavy atom. The Morgan fingerprint density at radius 3 is 2.64 bits per heavy atom. The average molecular weight is 345 g/mol. The standard InChI is InChI=1S/C17H19N3O5/c1-5-8-20-16(22)14(15(21)19-17(20)23)10(2)18-12-9-11(24-3)6-7-13(12)25-4/h5-7,9,14,18H,1-2,8H2,3-4H3,(H,19,21,23)/t14-/m0/s1. The van der Waals surface area contributed by atoms with E-state index < -0.39 is 23.8 Å². The van der Waals surface area contributed by atoms with Crippen LogP contribution in [-0.4, -0.2) is 43.5 Å². The minimum atomic E-state index is -1.26. The van der Waals surface area contributed by atoms with Crippen molar-refractivity contribution in [1.29, 1.82) is 0 Å². The van der Waals surface area contributed by atoms with Crippen molar-refractivity contribution >= 4 is 23.5 Å². The van der Waals surface area contributed by atoms with E-state index in [1.165, 1.54) is 20.3 Å². The minimum absolute atomic E-state index is 0.00971. The second-order valence-electron chi connectivity index (χ2n) is 5.18. The van der Waals surface area contributed by atoms with E-state index in [2.05, 4.69) is 23.8 Å². The van der Waals surface area contributed by atoms with Gasteiger partial charge in [-0.3, -0.25) is 19.8 Å². The van der Waals surface area contributed by atoms with Crippen LogP contribution in [0.5, 0.6) is 11.5 Å². The lowest BCUT2D eigenvalue weighted by molar-refractivity contribution is -0.140. The number of benzene rings is 1. The molecular formula is C17H19N3O5. The number of rotatable bonds is 7. The highest BCUT2D eigenvalue weighted by Gasteiger charge is 2.41. The molecule has 1 aromatic carbocycles. The topological polar surface area (TPSA) is 97.0 Å². The van der Waals surface area contributed by atoms with Gasteiger partial charge in [0.05, 0.1) is 19.9 Å². The third kappa shape index (κ3) is 3.63. The molecule has 1 atom stereocenters. The van der Waals surface area contributed by atoms with E-state index >= 15 is 0 Å². The van der Waals surface area contributed by atoms with Gasteiger partial charge in [-0.05, 0) is 12.1 Å². The fourth-order valence-corrected chi connectivity index (χ4v) is 2.38. The Morgan fingerprint density at radius 2 is 2.04 bits per heavy atom. The zero-order chi connectivity index (χ0) is 18.6. The summed E-state index contributed by atoms with van der Waals surface area (Å²) in [5.74, 6) is -1.64. The molecule has 2 N–H and O–H groups in total. The summed E-state index contributed by atoms with van der Waals surface area (Å²) in [6, 6.07) is 4.24. The van der Waals surface area contributed by atoms with Crippen LogP contribution in [0.1, 0.15) is 0 Å². The SMILES string of the molecule is C=CCN1C(=O)NC(=O)[C@H](C(=C)Nc2cc(OC)ccc2OC)C1=O. The number of hydrogen-bond acceptors (Lipinski definition) is 6. The Labute approximate surface area is 145 Å². The van der Waals surface area contributed by atoms with E-state index in [1.807, 2.05) is 0 Å². The van der Waals surface area contributed by atoms with Crippen molar-refractivity contribution < 1.29 is 23.9 Å². The summed E-state index contributed by atoms with van der Waals surface area (Å²) in [5, 5.41) is 5.03. The number of amides is 4. The minimum Gasteiger partial charge on any atom is -0.497 e. The van der Waals surface area contributed by atoms with Crippen molar-refractivity contribution in [2.45, 2.75) is 0 Å². The predicted molar refractivity (Wildman–Crippen MR) is 91.2 cm³/mol. The molecule has 1 fully saturated rings. The molecule has 0 aliphatic carbocycles. The van der Waals surface area contributed by atoms with Gasteiger partial charge in [-0.2, -0.15) is 0 Å². The van der Waals surface area contributed by atoms with Gasteiger partial charge in [-0.15, -0.1) is 6.58 Å². The molecule has 1 aliphatic rings. The van der Waals surface area contributed by atoms with Gasteiger partial charge in [-0.1, -0.05) is 12.7 Å². The number of nitrogens with zero attached hydrogens (tertiary/aromatic N) is 1. The molecule has 1 aromatic rings. The van der Waals surface area contributed by atoms with Crippen molar-refractivity contribution in [3.05, 3.63) is 43.1 Å². The van der Waals surface area contributed by atoms with E-state index in [1.54, 1.807) is 18.2 Å². The Hall–Kier alpha value is -3.29. The Bertz CT molecular complexity index is 744. The predicted octanol–water partition coefficient (Wildman–Crippen LogP) is 1.51. The van der Waals surface area contributed by atoms with E-state index in [0.29, 0.717) is 17.2 Å². The van der Waals surface area contributed by atoms with Crippen LogP contribution in [0.3, 0.4) is 0 Å². The molecule has 132 valence electrons. The van der Waals surface area contributed by atoms with Crippen molar-refractivity contribution in [1.82, 2.24) is 10.2 Å². The van der Waals surface area contributed by atoms with Gasteiger partial charge in [0.25, 0.3) is 0 Å². The summed E-state index contributed by atoms with van der Waals surface area (Å²) in [7, 11) is 3.00. The van der Waals surface area contributed by atoms with Gasteiger partial charge in [0.15, 0.2) is 5.92 Å². The number of carbonyl (C=O) groups is 3. The van der Waals surface area contributed by atoms with Gasteiger partial charge in [-0.25, -0.2) is 4.79 Å². The number of ether oxygens (including phenoxy) is 2. The highest BCUT2D eigenvalue weighted by atomic mass is 16.5. The summed E-state index contributed by atoms with van der Waals surface area (Å²) in [6.45, 7) is 7.26. The Kier molecular flexibility index (Phi) is 5.43. The molecule has 0 saturated carbocycles. The number of anilines is 1. The van der Waals surface area contributed by atoms with Crippen molar-refractivity contribution in [3.63, 3.8) is 0 Å². The van der Waals surface area contributed by atoms with Crippen LogP contribution in [-0.2, 0) is 9.59 Å². The van der Waals surface area contributed by atoms with Gasteiger partial charge in [0, 0.05) is 18.3 Å². The number of methoxy groups -OCH3 is 2. The highest BCUT2D eigenvalue weighted by Crippen LogP contribution is 2.31. The quantitative estimate of drug-likeness (QED) is 0.574. The van der Waals surface area contributed by atoms with Crippen molar-refractivity contribution in [3.8, 4) is 11.5 Å². The molecule has 2 rings (SSSR count). The molecule has 25 heavy (non-hydrogen) atoms. The molecule has 0 aromatic heterocycles. The zero-order valence-electron chi connectivity index (χ0n) is 14.0. The molecule has 0 spiro atoms. The van der Waals surface area contributed by atoms with Crippen LogP contribution in [0.2, 0.25) is 0 Å². The van der Waals surface area contributed by atoms with Gasteiger partial charge >= 0.3 is 6.03 Å². The molecule has 4 amide bonds. The van der Waals surface area contributed by atoms with Crippen molar-refractivity contribution in [2.75, 3.05) is 26.1 Å². The second-order valence-corrected chi connectivity index (χ2v) is 5.18. The third-order valence-corrected chi connectivity index (χ3v) is 3.61. The normalized spacial score (nSPS) is 17.0. The first kappa shape index (κ1) is 18.1. The lowest BCUT2D eigenvalue weighted by Gasteiger charge is -2.30. The van der Waals surface area contributed by atoms with Crippen LogP contribution in [0.4, 0.5) is 10.5 Å². The number of barbiturate groups is 1. The lowest BCUT2D eigenvalue weighted by Crippen LogP contribution is -2.58. The van der Waals surface area contributed by atoms with Crippen LogP contribution < -0.4 is 20.1 Å². The highest BCUT2D eigenvalue weighted by molar-refractivity contribution is 6.18. The maximum absolute atomic E-state index is 12.5. The second kappa shape index (κ2) is 7.52. The smallest absolute Gasteiger partial charge is 0.331 e. The number of carbonyl (C=O) groups excluding carboxylic acids is 3. The molecule has 8 nitrogen and oxygen atoms in total. The Balaban J connectivity index is 2.27. The molecular weight excluding hydrogens is 326 g/mol. The maximum Gasteiger partial charge on any atom is 0.331 e. The summed E-state index contributed by atoms with van der Waals surface area (Å²) in [4.78, 5) is 37.2. The molecule has 8 heteroatoms. The first-order chi connectivity index (χ1) is 11.9. The fraction of sp³-hybridized carbons (Fsp3) is 0.235. The van der Waals surface area contributed by atoms with Gasteiger partial charge in [0.2, 0.25) is 11.8 Å². The van der Waals surface area contributed by atoms with Crippen LogP contribution in [0.15, 0.2) is 43.1 Å². The number of urea groups is 1. The van der Waals surface area contributed by atoms with Crippen molar-refractivity contribution in [2.24, 2.45) is 5.92 Å².